The van der Waals surface area contributed by atoms with Crippen molar-refractivity contribution in [3.05, 3.63) is 81.9 Å². The summed E-state index contributed by atoms with van der Waals surface area (Å²) < 4.78 is 1.94. The molecule has 0 unspecified atom stereocenters. The monoisotopic (exact) mass is 339 g/mol. The molecular weight excluding hydrogens is 322 g/mol. The van der Waals surface area contributed by atoms with E-state index >= 15 is 0 Å². The van der Waals surface area contributed by atoms with Gasteiger partial charge in [0.1, 0.15) is 0 Å². The molecule has 0 spiro atoms. The molecule has 0 saturated carbocycles. The van der Waals surface area contributed by atoms with Gasteiger partial charge in [0, 0.05) is 36.2 Å². The molecule has 0 saturated heterocycles. The number of aryl methyl sites for hydroxylation is 1. The molecule has 0 aliphatic carbocycles. The van der Waals surface area contributed by atoms with E-state index in [9.17, 15) is 4.79 Å². The molecule has 0 bridgehead atoms. The number of hydrogen-bond acceptors (Lipinski definition) is 3. The standard InChI is InChI=1S/C19H18ClN3O/c1-12-10-17(11-16-9-4-13(2)21-22-16)23(3)18(12)19(24)14-5-7-15(20)8-6-14/h5-10H,2,4,11H2,1,3H3. The third kappa shape index (κ3) is 3.24. The van der Waals surface area contributed by atoms with Crippen LogP contribution in [0.2, 0.25) is 5.02 Å². The number of benzene rings is 1. The molecule has 1 aliphatic heterocycles. The van der Waals surface area contributed by atoms with Gasteiger partial charge < -0.3 is 4.57 Å². The lowest BCUT2D eigenvalue weighted by atomic mass is 10.1. The number of azo groups is 1. The first-order valence-corrected chi connectivity index (χ1v) is 8.07. The molecule has 24 heavy (non-hydrogen) atoms. The highest BCUT2D eigenvalue weighted by atomic mass is 35.5. The number of halogens is 1. The number of carbonyl (C=O) groups is 1. The Kier molecular flexibility index (Phi) is 4.49. The van der Waals surface area contributed by atoms with E-state index in [0.717, 1.165) is 29.1 Å². The lowest BCUT2D eigenvalue weighted by molar-refractivity contribution is 0.103. The van der Waals surface area contributed by atoms with E-state index in [2.05, 4.69) is 16.8 Å². The zero-order valence-corrected chi connectivity index (χ0v) is 14.5. The maximum atomic E-state index is 12.8. The summed E-state index contributed by atoms with van der Waals surface area (Å²) in [6, 6.07) is 8.99. The number of allylic oxidation sites excluding steroid dienone is 2. The summed E-state index contributed by atoms with van der Waals surface area (Å²) in [6.45, 7) is 5.74. The Morgan fingerprint density at radius 3 is 2.62 bits per heavy atom. The van der Waals surface area contributed by atoms with Crippen molar-refractivity contribution in [3.8, 4) is 0 Å². The maximum Gasteiger partial charge on any atom is 0.209 e. The molecule has 0 atom stereocenters. The molecule has 0 amide bonds. The van der Waals surface area contributed by atoms with Crippen LogP contribution in [0.25, 0.3) is 0 Å². The molecule has 0 radical (unpaired) electrons. The van der Waals surface area contributed by atoms with E-state index in [0.29, 0.717) is 22.7 Å². The van der Waals surface area contributed by atoms with Crippen LogP contribution in [-0.4, -0.2) is 10.4 Å². The minimum atomic E-state index is -0.00876. The second-order valence-electron chi connectivity index (χ2n) is 5.90. The van der Waals surface area contributed by atoms with Gasteiger partial charge in [-0.25, -0.2) is 0 Å². The molecular formula is C19H18ClN3O. The van der Waals surface area contributed by atoms with Gasteiger partial charge in [-0.3, -0.25) is 4.79 Å². The highest BCUT2D eigenvalue weighted by molar-refractivity contribution is 6.30. The number of carbonyl (C=O) groups excluding carboxylic acids is 1. The molecule has 4 nitrogen and oxygen atoms in total. The van der Waals surface area contributed by atoms with Crippen molar-refractivity contribution >= 4 is 17.4 Å². The van der Waals surface area contributed by atoms with Crippen LogP contribution in [0.4, 0.5) is 0 Å². The largest absolute Gasteiger partial charge is 0.344 e. The smallest absolute Gasteiger partial charge is 0.209 e. The minimum absolute atomic E-state index is 0.00876. The first-order valence-electron chi connectivity index (χ1n) is 7.69. The molecule has 1 aliphatic rings. The van der Waals surface area contributed by atoms with Crippen LogP contribution in [-0.2, 0) is 13.5 Å². The summed E-state index contributed by atoms with van der Waals surface area (Å²) in [5, 5.41) is 8.82. The zero-order valence-electron chi connectivity index (χ0n) is 13.7. The Hall–Kier alpha value is -2.46. The lowest BCUT2D eigenvalue weighted by Gasteiger charge is -2.10. The number of rotatable bonds is 4. The second kappa shape index (κ2) is 6.57. The Morgan fingerprint density at radius 1 is 1.29 bits per heavy atom. The Balaban J connectivity index is 1.89. The quantitative estimate of drug-likeness (QED) is 0.722. The zero-order chi connectivity index (χ0) is 17.3. The fourth-order valence-electron chi connectivity index (χ4n) is 2.81. The second-order valence-corrected chi connectivity index (χ2v) is 6.34. The predicted octanol–water partition coefficient (Wildman–Crippen LogP) is 5.01. The van der Waals surface area contributed by atoms with Gasteiger partial charge in [-0.1, -0.05) is 24.3 Å². The van der Waals surface area contributed by atoms with Crippen molar-refractivity contribution < 1.29 is 4.79 Å². The molecule has 5 heteroatoms. The normalized spacial score (nSPS) is 14.0. The van der Waals surface area contributed by atoms with Gasteiger partial charge in [0.05, 0.1) is 17.1 Å². The van der Waals surface area contributed by atoms with Gasteiger partial charge in [0.25, 0.3) is 0 Å². The van der Waals surface area contributed by atoms with Crippen molar-refractivity contribution in [2.45, 2.75) is 19.8 Å². The SMILES string of the molecule is C=C1CC=C(Cc2cc(C)c(C(=O)c3ccc(Cl)cc3)n2C)N=N1. The molecule has 0 fully saturated rings. The first-order chi connectivity index (χ1) is 11.5. The Bertz CT molecular complexity index is 873. The number of aromatic nitrogens is 1. The maximum absolute atomic E-state index is 12.8. The van der Waals surface area contributed by atoms with Gasteiger partial charge in [-0.15, -0.1) is 0 Å². The average Bonchev–Trinajstić information content (AvgIpc) is 2.83. The summed E-state index contributed by atoms with van der Waals surface area (Å²) >= 11 is 5.90. The third-order valence-electron chi connectivity index (χ3n) is 4.10. The van der Waals surface area contributed by atoms with Crippen LogP contribution in [0.15, 0.2) is 64.6 Å². The summed E-state index contributed by atoms with van der Waals surface area (Å²) in [5.41, 5.74) is 4.95. The van der Waals surface area contributed by atoms with Crippen molar-refractivity contribution in [1.82, 2.24) is 4.57 Å². The first kappa shape index (κ1) is 16.4. The Labute approximate surface area is 146 Å². The molecule has 1 aromatic heterocycles. The molecule has 2 aromatic rings. The van der Waals surface area contributed by atoms with Crippen LogP contribution in [0.1, 0.15) is 33.7 Å². The fraction of sp³-hybridized carbons (Fsp3) is 0.211. The fourth-order valence-corrected chi connectivity index (χ4v) is 2.93. The van der Waals surface area contributed by atoms with Crippen LogP contribution in [0, 0.1) is 6.92 Å². The van der Waals surface area contributed by atoms with Crippen molar-refractivity contribution in [3.63, 3.8) is 0 Å². The third-order valence-corrected chi connectivity index (χ3v) is 4.35. The van der Waals surface area contributed by atoms with Crippen molar-refractivity contribution in [2.24, 2.45) is 17.3 Å². The van der Waals surface area contributed by atoms with Crippen LogP contribution >= 0.6 is 11.6 Å². The van der Waals surface area contributed by atoms with E-state index in [1.54, 1.807) is 24.3 Å². The van der Waals surface area contributed by atoms with Gasteiger partial charge in [-0.2, -0.15) is 10.2 Å². The summed E-state index contributed by atoms with van der Waals surface area (Å²) in [4.78, 5) is 12.8. The van der Waals surface area contributed by atoms with Gasteiger partial charge in [-0.05, 0) is 42.8 Å². The lowest BCUT2D eigenvalue weighted by Crippen LogP contribution is -2.10. The summed E-state index contributed by atoms with van der Waals surface area (Å²) in [7, 11) is 1.91. The highest BCUT2D eigenvalue weighted by Crippen LogP contribution is 2.23. The topological polar surface area (TPSA) is 46.7 Å². The van der Waals surface area contributed by atoms with E-state index in [1.165, 1.54) is 0 Å². The van der Waals surface area contributed by atoms with Crippen LogP contribution in [0.3, 0.4) is 0 Å². The van der Waals surface area contributed by atoms with Gasteiger partial charge in [0.15, 0.2) is 0 Å². The molecule has 0 N–H and O–H groups in total. The highest BCUT2D eigenvalue weighted by Gasteiger charge is 2.19. The van der Waals surface area contributed by atoms with Crippen molar-refractivity contribution in [2.75, 3.05) is 0 Å². The Morgan fingerprint density at radius 2 is 2.00 bits per heavy atom. The molecule has 3 rings (SSSR count). The number of nitrogens with zero attached hydrogens (tertiary/aromatic N) is 3. The number of ketones is 1. The van der Waals surface area contributed by atoms with E-state index in [-0.39, 0.29) is 5.78 Å². The van der Waals surface area contributed by atoms with Crippen molar-refractivity contribution in [1.29, 1.82) is 0 Å². The van der Waals surface area contributed by atoms with Gasteiger partial charge in [0.2, 0.25) is 5.78 Å². The van der Waals surface area contributed by atoms with Gasteiger partial charge >= 0.3 is 0 Å². The van der Waals surface area contributed by atoms with E-state index in [4.69, 9.17) is 11.6 Å². The minimum Gasteiger partial charge on any atom is -0.344 e. The predicted molar refractivity (Wildman–Crippen MR) is 95.4 cm³/mol. The average molecular weight is 340 g/mol. The van der Waals surface area contributed by atoms with E-state index < -0.39 is 0 Å². The van der Waals surface area contributed by atoms with E-state index in [1.807, 2.05) is 30.7 Å². The number of hydrogen-bond donors (Lipinski definition) is 0. The molecule has 1 aromatic carbocycles. The van der Waals surface area contributed by atoms with Crippen LogP contribution in [0.5, 0.6) is 0 Å². The summed E-state index contributed by atoms with van der Waals surface area (Å²) in [5.74, 6) is -0.00876. The van der Waals surface area contributed by atoms with Crippen LogP contribution < -0.4 is 0 Å². The molecule has 2 heterocycles. The summed E-state index contributed by atoms with van der Waals surface area (Å²) in [6.07, 6.45) is 3.39. The molecule has 122 valence electrons.